The van der Waals surface area contributed by atoms with E-state index >= 15 is 0 Å². The van der Waals surface area contributed by atoms with Gasteiger partial charge in [0.05, 0.1) is 18.2 Å². The summed E-state index contributed by atoms with van der Waals surface area (Å²) in [5, 5.41) is 9.38. The minimum atomic E-state index is 0.169. The summed E-state index contributed by atoms with van der Waals surface area (Å²) >= 11 is 5.82. The van der Waals surface area contributed by atoms with Gasteiger partial charge in [-0.3, -0.25) is 4.79 Å². The SMILES string of the molecule is N#Cc1cccc(OCCCN2CCC(=O)N(Cc3ccc(Cl)nc3)CC2)c1. The number of hydrogen-bond acceptors (Lipinski definition) is 5. The van der Waals surface area contributed by atoms with Crippen LogP contribution in [-0.2, 0) is 11.3 Å². The van der Waals surface area contributed by atoms with E-state index in [2.05, 4.69) is 16.0 Å². The van der Waals surface area contributed by atoms with Crippen LogP contribution in [0.4, 0.5) is 0 Å². The lowest BCUT2D eigenvalue weighted by Gasteiger charge is -2.22. The van der Waals surface area contributed by atoms with Crippen molar-refractivity contribution in [2.24, 2.45) is 0 Å². The van der Waals surface area contributed by atoms with Crippen LogP contribution in [0.25, 0.3) is 0 Å². The summed E-state index contributed by atoms with van der Waals surface area (Å²) in [7, 11) is 0. The summed E-state index contributed by atoms with van der Waals surface area (Å²) in [6.07, 6.45) is 3.11. The van der Waals surface area contributed by atoms with Gasteiger partial charge in [-0.1, -0.05) is 23.7 Å². The summed E-state index contributed by atoms with van der Waals surface area (Å²) in [4.78, 5) is 20.7. The van der Waals surface area contributed by atoms with Gasteiger partial charge in [-0.2, -0.15) is 5.26 Å². The zero-order chi connectivity index (χ0) is 19.8. The van der Waals surface area contributed by atoms with Gasteiger partial charge in [0.25, 0.3) is 0 Å². The topological polar surface area (TPSA) is 69.5 Å². The summed E-state index contributed by atoms with van der Waals surface area (Å²) in [6, 6.07) is 12.9. The van der Waals surface area contributed by atoms with E-state index in [1.165, 1.54) is 0 Å². The normalized spacial score (nSPS) is 15.1. The third-order valence-electron chi connectivity index (χ3n) is 4.69. The smallest absolute Gasteiger partial charge is 0.224 e. The van der Waals surface area contributed by atoms with Crippen molar-refractivity contribution in [3.63, 3.8) is 0 Å². The van der Waals surface area contributed by atoms with Crippen LogP contribution in [-0.4, -0.2) is 53.5 Å². The lowest BCUT2D eigenvalue weighted by molar-refractivity contribution is -0.130. The van der Waals surface area contributed by atoms with E-state index in [1.807, 2.05) is 23.1 Å². The molecule has 1 saturated heterocycles. The first kappa shape index (κ1) is 20.1. The number of aromatic nitrogens is 1. The zero-order valence-corrected chi connectivity index (χ0v) is 16.4. The molecule has 7 heteroatoms. The van der Waals surface area contributed by atoms with Crippen LogP contribution in [0, 0.1) is 11.3 Å². The molecule has 0 spiro atoms. The molecule has 1 aliphatic rings. The molecule has 1 amide bonds. The molecular weight excluding hydrogens is 376 g/mol. The van der Waals surface area contributed by atoms with Crippen molar-refractivity contribution < 1.29 is 9.53 Å². The molecular formula is C21H23ClN4O2. The van der Waals surface area contributed by atoms with Gasteiger partial charge in [0.1, 0.15) is 10.9 Å². The van der Waals surface area contributed by atoms with E-state index in [0.717, 1.165) is 31.6 Å². The molecule has 1 fully saturated rings. The van der Waals surface area contributed by atoms with Crippen molar-refractivity contribution in [1.29, 1.82) is 5.26 Å². The first-order chi connectivity index (χ1) is 13.6. The highest BCUT2D eigenvalue weighted by Crippen LogP contribution is 2.14. The Morgan fingerprint density at radius 1 is 1.21 bits per heavy atom. The molecule has 0 radical (unpaired) electrons. The van der Waals surface area contributed by atoms with Gasteiger partial charge >= 0.3 is 0 Å². The Morgan fingerprint density at radius 3 is 2.89 bits per heavy atom. The number of nitrogens with zero attached hydrogens (tertiary/aromatic N) is 4. The van der Waals surface area contributed by atoms with E-state index in [1.54, 1.807) is 24.4 Å². The molecule has 0 bridgehead atoms. The predicted molar refractivity (Wildman–Crippen MR) is 107 cm³/mol. The molecule has 146 valence electrons. The summed E-state index contributed by atoms with van der Waals surface area (Å²) in [5.74, 6) is 0.884. The number of carbonyl (C=O) groups is 1. The lowest BCUT2D eigenvalue weighted by atomic mass is 10.2. The van der Waals surface area contributed by atoms with E-state index in [4.69, 9.17) is 21.6 Å². The molecule has 6 nitrogen and oxygen atoms in total. The molecule has 1 aliphatic heterocycles. The van der Waals surface area contributed by atoms with Crippen molar-refractivity contribution in [3.8, 4) is 11.8 Å². The highest BCUT2D eigenvalue weighted by Gasteiger charge is 2.20. The van der Waals surface area contributed by atoms with Gasteiger partial charge in [0, 0.05) is 45.3 Å². The first-order valence-corrected chi connectivity index (χ1v) is 9.75. The summed E-state index contributed by atoms with van der Waals surface area (Å²) in [6.45, 7) is 4.33. The van der Waals surface area contributed by atoms with E-state index in [9.17, 15) is 4.79 Å². The van der Waals surface area contributed by atoms with Crippen LogP contribution in [0.5, 0.6) is 5.75 Å². The Balaban J connectivity index is 1.42. The number of amides is 1. The van der Waals surface area contributed by atoms with Crippen LogP contribution >= 0.6 is 11.6 Å². The molecule has 28 heavy (non-hydrogen) atoms. The fourth-order valence-corrected chi connectivity index (χ4v) is 3.27. The number of halogens is 1. The molecule has 0 atom stereocenters. The Kier molecular flexibility index (Phi) is 7.24. The quantitative estimate of drug-likeness (QED) is 0.529. The molecule has 1 aromatic carbocycles. The Bertz CT molecular complexity index is 835. The monoisotopic (exact) mass is 398 g/mol. The van der Waals surface area contributed by atoms with E-state index < -0.39 is 0 Å². The summed E-state index contributed by atoms with van der Waals surface area (Å²) < 4.78 is 5.73. The standard InChI is InChI=1S/C21H23ClN4O2/c22-20-6-5-18(15-24-20)16-26-11-10-25(9-7-21(26)27)8-2-12-28-19-4-1-3-17(13-19)14-23/h1,3-6,13,15H,2,7-12,16H2. The van der Waals surface area contributed by atoms with Crippen molar-refractivity contribution >= 4 is 17.5 Å². The maximum Gasteiger partial charge on any atom is 0.224 e. The Hall–Kier alpha value is -2.62. The lowest BCUT2D eigenvalue weighted by Crippen LogP contribution is -2.33. The van der Waals surface area contributed by atoms with Gasteiger partial charge in [-0.05, 0) is 36.2 Å². The number of pyridine rings is 1. The Morgan fingerprint density at radius 2 is 2.11 bits per heavy atom. The maximum atomic E-state index is 12.4. The number of carbonyl (C=O) groups excluding carboxylic acids is 1. The molecule has 2 heterocycles. The van der Waals surface area contributed by atoms with Crippen LogP contribution in [0.1, 0.15) is 24.0 Å². The first-order valence-electron chi connectivity index (χ1n) is 9.37. The third kappa shape index (κ3) is 5.95. The van der Waals surface area contributed by atoms with Crippen molar-refractivity contribution in [2.75, 3.05) is 32.8 Å². The van der Waals surface area contributed by atoms with E-state index in [0.29, 0.717) is 42.6 Å². The molecule has 0 N–H and O–H groups in total. The van der Waals surface area contributed by atoms with Gasteiger partial charge in [-0.15, -0.1) is 0 Å². The Labute approximate surface area is 170 Å². The zero-order valence-electron chi connectivity index (χ0n) is 15.7. The second-order valence-electron chi connectivity index (χ2n) is 6.74. The second-order valence-corrected chi connectivity index (χ2v) is 7.13. The van der Waals surface area contributed by atoms with Gasteiger partial charge in [-0.25, -0.2) is 4.98 Å². The van der Waals surface area contributed by atoms with E-state index in [-0.39, 0.29) is 5.91 Å². The molecule has 3 rings (SSSR count). The third-order valence-corrected chi connectivity index (χ3v) is 4.92. The molecule has 2 aromatic rings. The van der Waals surface area contributed by atoms with Crippen molar-refractivity contribution in [2.45, 2.75) is 19.4 Å². The number of hydrogen-bond donors (Lipinski definition) is 0. The predicted octanol–water partition coefficient (Wildman–Crippen LogP) is 3.11. The molecule has 0 unspecified atom stereocenters. The molecule has 0 aliphatic carbocycles. The molecule has 0 saturated carbocycles. The van der Waals surface area contributed by atoms with Crippen LogP contribution < -0.4 is 4.74 Å². The highest BCUT2D eigenvalue weighted by atomic mass is 35.5. The van der Waals surface area contributed by atoms with Crippen molar-refractivity contribution in [1.82, 2.24) is 14.8 Å². The van der Waals surface area contributed by atoms with Gasteiger partial charge < -0.3 is 14.5 Å². The fraction of sp³-hybridized carbons (Fsp3) is 0.381. The van der Waals surface area contributed by atoms with Crippen molar-refractivity contribution in [3.05, 3.63) is 58.9 Å². The average molecular weight is 399 g/mol. The van der Waals surface area contributed by atoms with Gasteiger partial charge in [0.15, 0.2) is 0 Å². The number of rotatable bonds is 7. The second kappa shape index (κ2) is 10.1. The number of nitriles is 1. The van der Waals surface area contributed by atoms with Crippen LogP contribution in [0.3, 0.4) is 0 Å². The minimum absolute atomic E-state index is 0.169. The fourth-order valence-electron chi connectivity index (χ4n) is 3.16. The molecule has 1 aromatic heterocycles. The number of ether oxygens (including phenoxy) is 1. The highest BCUT2D eigenvalue weighted by molar-refractivity contribution is 6.29. The van der Waals surface area contributed by atoms with Gasteiger partial charge in [0.2, 0.25) is 5.91 Å². The minimum Gasteiger partial charge on any atom is -0.494 e. The largest absolute Gasteiger partial charge is 0.494 e. The maximum absolute atomic E-state index is 12.4. The number of benzene rings is 1. The van der Waals surface area contributed by atoms with Crippen LogP contribution in [0.15, 0.2) is 42.6 Å². The average Bonchev–Trinajstić information content (AvgIpc) is 2.89. The summed E-state index contributed by atoms with van der Waals surface area (Å²) in [5.41, 5.74) is 1.58. The van der Waals surface area contributed by atoms with Crippen LogP contribution in [0.2, 0.25) is 5.15 Å².